The Kier molecular flexibility index (Phi) is 8.46. The number of thiocyanates is 1. The third-order valence-corrected chi connectivity index (χ3v) is 4.66. The molecule has 1 atom stereocenters. The first-order valence-corrected chi connectivity index (χ1v) is 9.70. The molecule has 1 fully saturated rings. The van der Waals surface area contributed by atoms with Crippen molar-refractivity contribution in [1.82, 2.24) is 4.90 Å². The molecular weight excluding hydrogens is 344 g/mol. The highest BCUT2D eigenvalue weighted by atomic mass is 32.2. The van der Waals surface area contributed by atoms with E-state index in [1.165, 1.54) is 5.56 Å². The molecule has 1 saturated carbocycles. The Balaban J connectivity index is 1.84. The third kappa shape index (κ3) is 7.47. The Morgan fingerprint density at radius 3 is 2.77 bits per heavy atom. The van der Waals surface area contributed by atoms with E-state index in [0.29, 0.717) is 30.0 Å². The van der Waals surface area contributed by atoms with Crippen LogP contribution in [0.2, 0.25) is 0 Å². The Hall–Kier alpha value is -2.03. The van der Waals surface area contributed by atoms with E-state index < -0.39 is 0 Å². The van der Waals surface area contributed by atoms with Crippen LogP contribution in [0.5, 0.6) is 0 Å². The maximum atomic E-state index is 11.1. The zero-order valence-electron chi connectivity index (χ0n) is 15.4. The Morgan fingerprint density at radius 2 is 2.15 bits per heavy atom. The number of nitrogens with zero attached hydrogens (tertiary/aromatic N) is 2. The van der Waals surface area contributed by atoms with Crippen LogP contribution in [0.3, 0.4) is 0 Å². The minimum atomic E-state index is 0.392. The molecule has 0 radical (unpaired) electrons. The van der Waals surface area contributed by atoms with Crippen molar-refractivity contribution in [3.63, 3.8) is 0 Å². The molecule has 1 aromatic rings. The van der Waals surface area contributed by atoms with E-state index in [1.54, 1.807) is 0 Å². The van der Waals surface area contributed by atoms with Gasteiger partial charge in [0.05, 0.1) is 18.1 Å². The van der Waals surface area contributed by atoms with Gasteiger partial charge in [0.2, 0.25) is 0 Å². The van der Waals surface area contributed by atoms with Crippen LogP contribution in [0, 0.1) is 22.5 Å². The van der Waals surface area contributed by atoms with Gasteiger partial charge < -0.3 is 9.64 Å². The van der Waals surface area contributed by atoms with E-state index in [9.17, 15) is 4.79 Å². The zero-order chi connectivity index (χ0) is 18.8. The summed E-state index contributed by atoms with van der Waals surface area (Å²) in [5.74, 6) is 0.903. The number of hydrogen-bond acceptors (Lipinski definition) is 5. The molecule has 1 unspecified atom stereocenters. The van der Waals surface area contributed by atoms with Crippen molar-refractivity contribution >= 4 is 18.0 Å². The van der Waals surface area contributed by atoms with Gasteiger partial charge in [-0.1, -0.05) is 37.3 Å². The minimum Gasteiger partial charge on any atom is -0.380 e. The first kappa shape index (κ1) is 20.3. The third-order valence-electron chi connectivity index (χ3n) is 4.12. The van der Waals surface area contributed by atoms with Gasteiger partial charge in [-0.25, -0.2) is 0 Å². The molecule has 1 aliphatic rings. The lowest BCUT2D eigenvalue weighted by atomic mass is 10.1. The molecule has 0 aromatic heterocycles. The number of ether oxygens (including phenoxy) is 1. The summed E-state index contributed by atoms with van der Waals surface area (Å²) in [6.45, 7) is 4.38. The molecule has 0 N–H and O–H groups in total. The van der Waals surface area contributed by atoms with E-state index in [2.05, 4.69) is 30.2 Å². The van der Waals surface area contributed by atoms with Crippen molar-refractivity contribution in [2.75, 3.05) is 20.2 Å². The highest BCUT2D eigenvalue weighted by Crippen LogP contribution is 2.38. The number of rotatable bonds is 11. The zero-order valence-corrected chi connectivity index (χ0v) is 16.2. The lowest BCUT2D eigenvalue weighted by Gasteiger charge is -2.21. The van der Waals surface area contributed by atoms with Crippen LogP contribution >= 0.6 is 11.8 Å². The van der Waals surface area contributed by atoms with Crippen molar-refractivity contribution in [3.8, 4) is 5.40 Å². The first-order chi connectivity index (χ1) is 12.6. The minimum absolute atomic E-state index is 0.392. The molecule has 0 amide bonds. The van der Waals surface area contributed by atoms with Crippen molar-refractivity contribution in [1.29, 1.82) is 5.26 Å². The second-order valence-corrected chi connectivity index (χ2v) is 7.66. The molecule has 0 heterocycles. The van der Waals surface area contributed by atoms with Crippen molar-refractivity contribution in [2.24, 2.45) is 11.8 Å². The maximum absolute atomic E-state index is 11.1. The lowest BCUT2D eigenvalue weighted by Crippen LogP contribution is -2.23. The normalized spacial score (nSPS) is 16.0. The Labute approximate surface area is 160 Å². The van der Waals surface area contributed by atoms with Crippen molar-refractivity contribution < 1.29 is 9.53 Å². The SMILES string of the molecule is CC(COCc1ccccc1)CN(C)/C=C(\C=C(/C=O)SC#N)C1CC1. The fraction of sp³-hybridized carbons (Fsp3) is 0.429. The number of carbonyl (C=O) groups is 1. The van der Waals surface area contributed by atoms with Crippen LogP contribution in [0.4, 0.5) is 0 Å². The van der Waals surface area contributed by atoms with Gasteiger partial charge in [-0.2, -0.15) is 5.26 Å². The van der Waals surface area contributed by atoms with Crippen LogP contribution in [0.15, 0.2) is 53.1 Å². The number of benzene rings is 1. The molecule has 5 heteroatoms. The van der Waals surface area contributed by atoms with Crippen LogP contribution in [-0.2, 0) is 16.1 Å². The van der Waals surface area contributed by atoms with Gasteiger partial charge in [-0.05, 0) is 53.7 Å². The van der Waals surface area contributed by atoms with E-state index in [-0.39, 0.29) is 0 Å². The van der Waals surface area contributed by atoms with Crippen molar-refractivity contribution in [3.05, 3.63) is 58.6 Å². The largest absolute Gasteiger partial charge is 0.380 e. The standard InChI is InChI=1S/C21H26N2O2S/c1-17(14-25-15-18-6-4-3-5-7-18)11-23(2)12-20(19-8-9-19)10-21(13-24)26-16-22/h3-7,10,12-13,17,19H,8-9,11,14-15H2,1-2H3/b20-12+,21-10+. The van der Waals surface area contributed by atoms with E-state index >= 15 is 0 Å². The molecule has 0 saturated heterocycles. The van der Waals surface area contributed by atoms with Crippen LogP contribution < -0.4 is 0 Å². The smallest absolute Gasteiger partial charge is 0.157 e. The summed E-state index contributed by atoms with van der Waals surface area (Å²) in [4.78, 5) is 13.7. The number of carbonyl (C=O) groups excluding carboxylic acids is 1. The number of allylic oxidation sites excluding steroid dienone is 3. The summed E-state index contributed by atoms with van der Waals surface area (Å²) in [6, 6.07) is 10.2. The average Bonchev–Trinajstić information content (AvgIpc) is 3.46. The van der Waals surface area contributed by atoms with E-state index in [0.717, 1.165) is 43.0 Å². The van der Waals surface area contributed by atoms with Gasteiger partial charge in [-0.3, -0.25) is 4.79 Å². The van der Waals surface area contributed by atoms with Crippen LogP contribution in [0.25, 0.3) is 0 Å². The summed E-state index contributed by atoms with van der Waals surface area (Å²) >= 11 is 0.919. The quantitative estimate of drug-likeness (QED) is 0.251. The van der Waals surface area contributed by atoms with E-state index in [4.69, 9.17) is 10.00 Å². The predicted octanol–water partition coefficient (Wildman–Crippen LogP) is 4.36. The molecule has 0 bridgehead atoms. The second-order valence-electron chi connectivity index (χ2n) is 6.81. The summed E-state index contributed by atoms with van der Waals surface area (Å²) in [5.41, 5.74) is 2.32. The molecule has 138 valence electrons. The first-order valence-electron chi connectivity index (χ1n) is 8.88. The van der Waals surface area contributed by atoms with Gasteiger partial charge in [-0.15, -0.1) is 0 Å². The van der Waals surface area contributed by atoms with Crippen molar-refractivity contribution in [2.45, 2.75) is 26.4 Å². The molecule has 1 aliphatic carbocycles. The maximum Gasteiger partial charge on any atom is 0.157 e. The fourth-order valence-electron chi connectivity index (χ4n) is 2.79. The molecule has 0 spiro atoms. The molecule has 2 rings (SSSR count). The summed E-state index contributed by atoms with van der Waals surface area (Å²) in [7, 11) is 2.04. The topological polar surface area (TPSA) is 53.3 Å². The monoisotopic (exact) mass is 370 g/mol. The number of thioether (sulfide) groups is 1. The van der Waals surface area contributed by atoms with Gasteiger partial charge in [0.15, 0.2) is 6.29 Å². The molecule has 4 nitrogen and oxygen atoms in total. The summed E-state index contributed by atoms with van der Waals surface area (Å²) < 4.78 is 5.82. The highest BCUT2D eigenvalue weighted by molar-refractivity contribution is 8.08. The lowest BCUT2D eigenvalue weighted by molar-refractivity contribution is -0.104. The van der Waals surface area contributed by atoms with Gasteiger partial charge in [0.25, 0.3) is 0 Å². The molecule has 1 aromatic carbocycles. The van der Waals surface area contributed by atoms with Gasteiger partial charge >= 0.3 is 0 Å². The average molecular weight is 371 g/mol. The predicted molar refractivity (Wildman–Crippen MR) is 106 cm³/mol. The Morgan fingerprint density at radius 1 is 1.42 bits per heavy atom. The Bertz CT molecular complexity index is 675. The molecule has 0 aliphatic heterocycles. The van der Waals surface area contributed by atoms with Crippen LogP contribution in [0.1, 0.15) is 25.3 Å². The van der Waals surface area contributed by atoms with Gasteiger partial charge in [0.1, 0.15) is 5.40 Å². The fourth-order valence-corrected chi connectivity index (χ4v) is 3.13. The summed E-state index contributed by atoms with van der Waals surface area (Å²) in [6.07, 6.45) is 7.01. The number of hydrogen-bond donors (Lipinski definition) is 0. The van der Waals surface area contributed by atoms with Crippen LogP contribution in [-0.4, -0.2) is 31.4 Å². The van der Waals surface area contributed by atoms with Gasteiger partial charge in [0, 0.05) is 19.8 Å². The number of aldehydes is 1. The molecular formula is C21H26N2O2S. The second kappa shape index (κ2) is 10.8. The molecule has 26 heavy (non-hydrogen) atoms. The van der Waals surface area contributed by atoms with E-state index in [1.807, 2.05) is 36.7 Å². The highest BCUT2D eigenvalue weighted by Gasteiger charge is 2.25. The number of nitriles is 1. The summed E-state index contributed by atoms with van der Waals surface area (Å²) in [5, 5.41) is 10.7.